The summed E-state index contributed by atoms with van der Waals surface area (Å²) in [6, 6.07) is 7.62. The van der Waals surface area contributed by atoms with Crippen molar-refractivity contribution < 1.29 is 0 Å². The van der Waals surface area contributed by atoms with Gasteiger partial charge < -0.3 is 10.6 Å². The van der Waals surface area contributed by atoms with Crippen molar-refractivity contribution in [2.75, 3.05) is 24.2 Å². The second-order valence-electron chi connectivity index (χ2n) is 3.66. The Labute approximate surface area is 91.1 Å². The number of nitriles is 1. The first-order valence-electron chi connectivity index (χ1n) is 5.19. The maximum Gasteiger partial charge on any atom is 0.101 e. The van der Waals surface area contributed by atoms with E-state index < -0.39 is 0 Å². The van der Waals surface area contributed by atoms with E-state index in [2.05, 4.69) is 17.9 Å². The molecule has 0 aliphatic carbocycles. The molecule has 0 amide bonds. The van der Waals surface area contributed by atoms with Gasteiger partial charge in [-0.15, -0.1) is 0 Å². The lowest BCUT2D eigenvalue weighted by Gasteiger charge is -2.19. The number of benzene rings is 1. The molecule has 0 fully saturated rings. The van der Waals surface area contributed by atoms with E-state index in [0.29, 0.717) is 11.3 Å². The van der Waals surface area contributed by atoms with Crippen LogP contribution in [0.3, 0.4) is 0 Å². The van der Waals surface area contributed by atoms with Gasteiger partial charge in [0, 0.05) is 19.3 Å². The summed E-state index contributed by atoms with van der Waals surface area (Å²) in [5.41, 5.74) is 7.92. The van der Waals surface area contributed by atoms with Crippen LogP contribution in [0, 0.1) is 11.3 Å². The van der Waals surface area contributed by atoms with Crippen LogP contribution in [0.4, 0.5) is 11.4 Å². The summed E-state index contributed by atoms with van der Waals surface area (Å²) in [6.45, 7) is 3.18. The predicted molar refractivity (Wildman–Crippen MR) is 63.7 cm³/mol. The first kappa shape index (κ1) is 11.4. The highest BCUT2D eigenvalue weighted by Crippen LogP contribution is 2.20. The fourth-order valence-electron chi connectivity index (χ4n) is 1.41. The van der Waals surface area contributed by atoms with Gasteiger partial charge in [-0.2, -0.15) is 5.26 Å². The molecule has 3 nitrogen and oxygen atoms in total. The molecule has 0 unspecified atom stereocenters. The van der Waals surface area contributed by atoms with Crippen molar-refractivity contribution in [3.63, 3.8) is 0 Å². The van der Waals surface area contributed by atoms with E-state index in [1.54, 1.807) is 6.07 Å². The van der Waals surface area contributed by atoms with Crippen molar-refractivity contribution in [1.82, 2.24) is 0 Å². The molecule has 2 N–H and O–H groups in total. The smallest absolute Gasteiger partial charge is 0.101 e. The zero-order valence-electron chi connectivity index (χ0n) is 9.33. The second kappa shape index (κ2) is 5.26. The third kappa shape index (κ3) is 2.88. The summed E-state index contributed by atoms with van der Waals surface area (Å²) < 4.78 is 0. The SMILES string of the molecule is CCCCN(C)c1ccc(C#N)c(N)c1. The van der Waals surface area contributed by atoms with E-state index in [-0.39, 0.29) is 0 Å². The Morgan fingerprint density at radius 2 is 2.20 bits per heavy atom. The lowest BCUT2D eigenvalue weighted by Crippen LogP contribution is -2.18. The number of hydrogen-bond acceptors (Lipinski definition) is 3. The fourth-order valence-corrected chi connectivity index (χ4v) is 1.41. The van der Waals surface area contributed by atoms with Crippen LogP contribution in [-0.4, -0.2) is 13.6 Å². The first-order valence-corrected chi connectivity index (χ1v) is 5.19. The topological polar surface area (TPSA) is 53.0 Å². The maximum absolute atomic E-state index is 8.75. The van der Waals surface area contributed by atoms with Gasteiger partial charge >= 0.3 is 0 Å². The van der Waals surface area contributed by atoms with E-state index in [0.717, 1.165) is 18.7 Å². The van der Waals surface area contributed by atoms with Crippen LogP contribution < -0.4 is 10.6 Å². The Bertz CT molecular complexity index is 366. The Balaban J connectivity index is 2.79. The fraction of sp³-hybridized carbons (Fsp3) is 0.417. The van der Waals surface area contributed by atoms with Crippen molar-refractivity contribution in [3.8, 4) is 6.07 Å². The van der Waals surface area contributed by atoms with Crippen molar-refractivity contribution in [2.24, 2.45) is 0 Å². The number of anilines is 2. The van der Waals surface area contributed by atoms with Gasteiger partial charge in [0.25, 0.3) is 0 Å². The molecule has 80 valence electrons. The normalized spacial score (nSPS) is 9.67. The zero-order chi connectivity index (χ0) is 11.3. The number of nitrogens with two attached hydrogens (primary N) is 1. The van der Waals surface area contributed by atoms with Crippen LogP contribution in [0.2, 0.25) is 0 Å². The number of rotatable bonds is 4. The highest BCUT2D eigenvalue weighted by atomic mass is 15.1. The molecule has 1 rings (SSSR count). The molecule has 0 aliphatic heterocycles. The summed E-state index contributed by atoms with van der Waals surface area (Å²) in [4.78, 5) is 2.15. The quantitative estimate of drug-likeness (QED) is 0.764. The van der Waals surface area contributed by atoms with Gasteiger partial charge in [0.05, 0.1) is 11.3 Å². The predicted octanol–water partition coefficient (Wildman–Crippen LogP) is 2.38. The van der Waals surface area contributed by atoms with E-state index in [1.807, 2.05) is 19.2 Å². The largest absolute Gasteiger partial charge is 0.398 e. The maximum atomic E-state index is 8.75. The van der Waals surface area contributed by atoms with Crippen LogP contribution in [0.25, 0.3) is 0 Å². The van der Waals surface area contributed by atoms with E-state index >= 15 is 0 Å². The minimum atomic E-state index is 0.544. The molecule has 0 saturated carbocycles. The summed E-state index contributed by atoms with van der Waals surface area (Å²) in [6.07, 6.45) is 2.34. The number of nitrogen functional groups attached to an aromatic ring is 1. The van der Waals surface area contributed by atoms with E-state index in [1.165, 1.54) is 6.42 Å². The van der Waals surface area contributed by atoms with Gasteiger partial charge in [0.15, 0.2) is 0 Å². The molecule has 0 bridgehead atoms. The Morgan fingerprint density at radius 3 is 2.73 bits per heavy atom. The molecular formula is C12H17N3. The molecular weight excluding hydrogens is 186 g/mol. The third-order valence-electron chi connectivity index (χ3n) is 2.44. The first-order chi connectivity index (χ1) is 7.19. The van der Waals surface area contributed by atoms with Crippen molar-refractivity contribution in [2.45, 2.75) is 19.8 Å². The lowest BCUT2D eigenvalue weighted by molar-refractivity contribution is 0.767. The van der Waals surface area contributed by atoms with Crippen LogP contribution >= 0.6 is 0 Å². The number of hydrogen-bond donors (Lipinski definition) is 1. The average molecular weight is 203 g/mol. The number of unbranched alkanes of at least 4 members (excludes halogenated alkanes) is 1. The van der Waals surface area contributed by atoms with Gasteiger partial charge in [-0.25, -0.2) is 0 Å². The molecule has 1 aromatic rings. The molecule has 0 radical (unpaired) electrons. The third-order valence-corrected chi connectivity index (χ3v) is 2.44. The van der Waals surface area contributed by atoms with Gasteiger partial charge in [0.1, 0.15) is 6.07 Å². The zero-order valence-corrected chi connectivity index (χ0v) is 9.33. The van der Waals surface area contributed by atoms with E-state index in [4.69, 9.17) is 11.0 Å². The van der Waals surface area contributed by atoms with Gasteiger partial charge in [-0.1, -0.05) is 13.3 Å². The Hall–Kier alpha value is -1.69. The number of nitrogens with zero attached hydrogens (tertiary/aromatic N) is 2. The summed E-state index contributed by atoms with van der Waals surface area (Å²) in [7, 11) is 2.04. The van der Waals surface area contributed by atoms with Gasteiger partial charge in [0.2, 0.25) is 0 Å². The highest BCUT2D eigenvalue weighted by molar-refractivity contribution is 5.63. The molecule has 0 aliphatic rings. The summed E-state index contributed by atoms with van der Waals surface area (Å²) >= 11 is 0. The minimum Gasteiger partial charge on any atom is -0.398 e. The average Bonchev–Trinajstić information content (AvgIpc) is 2.25. The van der Waals surface area contributed by atoms with E-state index in [9.17, 15) is 0 Å². The molecule has 0 aromatic heterocycles. The lowest BCUT2D eigenvalue weighted by atomic mass is 10.1. The highest BCUT2D eigenvalue weighted by Gasteiger charge is 2.03. The van der Waals surface area contributed by atoms with Crippen molar-refractivity contribution in [3.05, 3.63) is 23.8 Å². The molecule has 0 saturated heterocycles. The molecule has 3 heteroatoms. The van der Waals surface area contributed by atoms with Crippen LogP contribution in [-0.2, 0) is 0 Å². The standard InChI is InChI=1S/C12H17N3/c1-3-4-7-15(2)11-6-5-10(9-13)12(14)8-11/h5-6,8H,3-4,7,14H2,1-2H3. The Kier molecular flexibility index (Phi) is 3.99. The molecule has 0 atom stereocenters. The minimum absolute atomic E-state index is 0.544. The molecule has 15 heavy (non-hydrogen) atoms. The Morgan fingerprint density at radius 1 is 1.47 bits per heavy atom. The molecule has 0 heterocycles. The van der Waals surface area contributed by atoms with Crippen LogP contribution in [0.5, 0.6) is 0 Å². The summed E-state index contributed by atoms with van der Waals surface area (Å²) in [5.74, 6) is 0. The van der Waals surface area contributed by atoms with Crippen molar-refractivity contribution in [1.29, 1.82) is 5.26 Å². The van der Waals surface area contributed by atoms with Crippen LogP contribution in [0.15, 0.2) is 18.2 Å². The van der Waals surface area contributed by atoms with Crippen LogP contribution in [0.1, 0.15) is 25.3 Å². The van der Waals surface area contributed by atoms with Gasteiger partial charge in [-0.3, -0.25) is 0 Å². The monoisotopic (exact) mass is 203 g/mol. The molecule has 1 aromatic carbocycles. The second-order valence-corrected chi connectivity index (χ2v) is 3.66. The van der Waals surface area contributed by atoms with Crippen molar-refractivity contribution >= 4 is 11.4 Å². The summed E-state index contributed by atoms with van der Waals surface area (Å²) in [5, 5.41) is 8.75. The molecule has 0 spiro atoms. The van der Waals surface area contributed by atoms with Gasteiger partial charge in [-0.05, 0) is 24.6 Å².